The maximum absolute atomic E-state index is 11.5. The number of piperazine rings is 1. The second-order valence-electron chi connectivity index (χ2n) is 11.2. The number of halogens is 1. The van der Waals surface area contributed by atoms with Crippen molar-refractivity contribution in [3.8, 4) is 11.8 Å². The first-order valence-electron chi connectivity index (χ1n) is 13.4. The molecule has 3 aromatic rings. The number of benzene rings is 2. The van der Waals surface area contributed by atoms with Crippen molar-refractivity contribution in [2.24, 2.45) is 0 Å². The van der Waals surface area contributed by atoms with E-state index in [1.54, 1.807) is 46.0 Å². The number of hydrogen-bond acceptors (Lipinski definition) is 8. The summed E-state index contributed by atoms with van der Waals surface area (Å²) in [5.74, 6) is 0.531. The van der Waals surface area contributed by atoms with E-state index in [2.05, 4.69) is 20.9 Å². The van der Waals surface area contributed by atoms with Crippen molar-refractivity contribution in [2.45, 2.75) is 51.0 Å². The Labute approximate surface area is 241 Å². The van der Waals surface area contributed by atoms with Crippen LogP contribution in [0.2, 0.25) is 5.02 Å². The lowest BCUT2D eigenvalue weighted by atomic mass is 9.93. The van der Waals surface area contributed by atoms with E-state index in [0.717, 1.165) is 11.3 Å². The highest BCUT2D eigenvalue weighted by Gasteiger charge is 2.34. The Morgan fingerprint density at radius 1 is 1.10 bits per heavy atom. The molecule has 8 nitrogen and oxygen atoms in total. The van der Waals surface area contributed by atoms with Crippen molar-refractivity contribution >= 4 is 17.3 Å². The van der Waals surface area contributed by atoms with Crippen molar-refractivity contribution in [1.29, 1.82) is 5.26 Å². The summed E-state index contributed by atoms with van der Waals surface area (Å²) in [7, 11) is 0. The van der Waals surface area contributed by atoms with Gasteiger partial charge in [0.1, 0.15) is 29.6 Å². The molecule has 1 aromatic heterocycles. The van der Waals surface area contributed by atoms with Gasteiger partial charge in [-0.2, -0.15) is 5.26 Å². The fourth-order valence-electron chi connectivity index (χ4n) is 5.00. The molecule has 40 heavy (non-hydrogen) atoms. The second-order valence-corrected chi connectivity index (χ2v) is 11.6. The summed E-state index contributed by atoms with van der Waals surface area (Å²) in [4.78, 5) is 8.80. The molecule has 9 heteroatoms. The van der Waals surface area contributed by atoms with Gasteiger partial charge >= 0.3 is 0 Å². The van der Waals surface area contributed by atoms with Gasteiger partial charge in [0.2, 0.25) is 0 Å². The standard InChI is InChI=1S/C31H37ClN4O4/c1-21(37)19-40-26-10-11-27(23(15-26)16-33)36-14-13-35(18-28(36)22-5-8-25(32)9-6-22)20-31(4,39)24-7-12-29(34-17-24)30(2,3)38/h5-12,15,17,21,28,37-39H,13-14,18-20H2,1-4H3/t21-,28-,31+/m0/s1. The van der Waals surface area contributed by atoms with Crippen LogP contribution in [0, 0.1) is 11.3 Å². The van der Waals surface area contributed by atoms with Crippen LogP contribution in [0.15, 0.2) is 60.8 Å². The van der Waals surface area contributed by atoms with Gasteiger partial charge in [0, 0.05) is 43.0 Å². The Hall–Kier alpha value is -3.19. The minimum absolute atomic E-state index is 0.103. The fraction of sp³-hybridized carbons (Fsp3) is 0.419. The normalized spacial score (nSPS) is 18.6. The van der Waals surface area contributed by atoms with Crippen LogP contribution >= 0.6 is 11.6 Å². The summed E-state index contributed by atoms with van der Waals surface area (Å²) in [6, 6.07) is 18.9. The molecule has 0 saturated carbocycles. The molecule has 0 aliphatic carbocycles. The largest absolute Gasteiger partial charge is 0.491 e. The summed E-state index contributed by atoms with van der Waals surface area (Å²) < 4.78 is 5.63. The van der Waals surface area contributed by atoms with Crippen LogP contribution in [0.4, 0.5) is 5.69 Å². The highest BCUT2D eigenvalue weighted by atomic mass is 35.5. The molecular weight excluding hydrogens is 528 g/mol. The summed E-state index contributed by atoms with van der Waals surface area (Å²) in [5.41, 5.74) is 1.31. The quantitative estimate of drug-likeness (QED) is 0.351. The molecule has 1 fully saturated rings. The maximum atomic E-state index is 11.5. The second kappa shape index (κ2) is 12.1. The van der Waals surface area contributed by atoms with Crippen LogP contribution in [-0.2, 0) is 11.2 Å². The van der Waals surface area contributed by atoms with Crippen LogP contribution < -0.4 is 9.64 Å². The third-order valence-corrected chi connectivity index (χ3v) is 7.40. The van der Waals surface area contributed by atoms with E-state index >= 15 is 0 Å². The first kappa shape index (κ1) is 29.8. The van der Waals surface area contributed by atoms with Gasteiger partial charge in [0.25, 0.3) is 0 Å². The van der Waals surface area contributed by atoms with Crippen LogP contribution in [0.5, 0.6) is 5.75 Å². The molecule has 1 aliphatic heterocycles. The number of nitriles is 1. The van der Waals surface area contributed by atoms with Gasteiger partial charge in [-0.25, -0.2) is 0 Å². The van der Waals surface area contributed by atoms with E-state index in [1.807, 2.05) is 42.5 Å². The fourth-order valence-corrected chi connectivity index (χ4v) is 5.13. The summed E-state index contributed by atoms with van der Waals surface area (Å²) >= 11 is 6.19. The number of aliphatic hydroxyl groups excluding tert-OH is 1. The highest BCUT2D eigenvalue weighted by Crippen LogP contribution is 2.36. The molecule has 1 saturated heterocycles. The van der Waals surface area contributed by atoms with E-state index in [9.17, 15) is 20.6 Å². The molecule has 4 rings (SSSR count). The number of nitrogens with zero attached hydrogens (tertiary/aromatic N) is 4. The van der Waals surface area contributed by atoms with E-state index in [1.165, 1.54) is 0 Å². The van der Waals surface area contributed by atoms with E-state index in [0.29, 0.717) is 53.8 Å². The Balaban J connectivity index is 1.59. The maximum Gasteiger partial charge on any atom is 0.120 e. The van der Waals surface area contributed by atoms with E-state index < -0.39 is 17.3 Å². The van der Waals surface area contributed by atoms with E-state index in [-0.39, 0.29) is 12.6 Å². The lowest BCUT2D eigenvalue weighted by molar-refractivity contribution is 0.00970. The van der Waals surface area contributed by atoms with Crippen LogP contribution in [0.1, 0.15) is 56.1 Å². The number of pyridine rings is 1. The van der Waals surface area contributed by atoms with Gasteiger partial charge < -0.3 is 25.0 Å². The molecule has 3 atom stereocenters. The van der Waals surface area contributed by atoms with Crippen LogP contribution in [-0.4, -0.2) is 64.1 Å². The Kier molecular flexibility index (Phi) is 9.03. The predicted octanol–water partition coefficient (Wildman–Crippen LogP) is 4.36. The lowest BCUT2D eigenvalue weighted by Gasteiger charge is -2.45. The summed E-state index contributed by atoms with van der Waals surface area (Å²) in [5, 5.41) is 41.9. The number of aromatic nitrogens is 1. The van der Waals surface area contributed by atoms with Crippen molar-refractivity contribution < 1.29 is 20.1 Å². The zero-order valence-electron chi connectivity index (χ0n) is 23.4. The number of rotatable bonds is 9. The first-order valence-corrected chi connectivity index (χ1v) is 13.8. The Morgan fingerprint density at radius 3 is 2.42 bits per heavy atom. The molecule has 212 valence electrons. The van der Waals surface area contributed by atoms with Gasteiger partial charge in [-0.1, -0.05) is 29.8 Å². The van der Waals surface area contributed by atoms with Crippen molar-refractivity contribution in [3.63, 3.8) is 0 Å². The van der Waals surface area contributed by atoms with Crippen molar-refractivity contribution in [1.82, 2.24) is 9.88 Å². The molecule has 0 bridgehead atoms. The third-order valence-electron chi connectivity index (χ3n) is 7.15. The molecular formula is C31H37ClN4O4. The number of ether oxygens (including phenoxy) is 1. The number of β-amino-alcohol motifs (C(OH)–C–C–N with tert-alkyl or cyclic N) is 1. The van der Waals surface area contributed by atoms with Gasteiger partial charge in [0.05, 0.1) is 29.1 Å². The van der Waals surface area contributed by atoms with E-state index in [4.69, 9.17) is 16.3 Å². The lowest BCUT2D eigenvalue weighted by Crippen LogP contribution is -2.52. The molecule has 3 N–H and O–H groups in total. The molecule has 2 heterocycles. The number of anilines is 1. The van der Waals surface area contributed by atoms with Crippen molar-refractivity contribution in [2.75, 3.05) is 37.7 Å². The molecule has 0 spiro atoms. The average molecular weight is 565 g/mol. The average Bonchev–Trinajstić information content (AvgIpc) is 2.91. The summed E-state index contributed by atoms with van der Waals surface area (Å²) in [6.07, 6.45) is 1.01. The first-order chi connectivity index (χ1) is 18.9. The molecule has 1 aliphatic rings. The predicted molar refractivity (Wildman–Crippen MR) is 155 cm³/mol. The number of hydrogen-bond donors (Lipinski definition) is 3. The highest BCUT2D eigenvalue weighted by molar-refractivity contribution is 6.30. The van der Waals surface area contributed by atoms with Gasteiger partial charge in [-0.3, -0.25) is 9.88 Å². The van der Waals surface area contributed by atoms with Crippen molar-refractivity contribution in [3.05, 3.63) is 88.2 Å². The van der Waals surface area contributed by atoms with Gasteiger partial charge in [-0.15, -0.1) is 0 Å². The molecule has 2 aromatic carbocycles. The molecule has 0 amide bonds. The van der Waals surface area contributed by atoms with Crippen LogP contribution in [0.3, 0.4) is 0 Å². The van der Waals surface area contributed by atoms with Gasteiger partial charge in [-0.05, 0) is 69.7 Å². The number of aliphatic hydroxyl groups is 3. The minimum Gasteiger partial charge on any atom is -0.491 e. The topological polar surface area (TPSA) is 113 Å². The third kappa shape index (κ3) is 7.11. The smallest absolute Gasteiger partial charge is 0.120 e. The molecule has 0 radical (unpaired) electrons. The Bertz CT molecular complexity index is 1330. The van der Waals surface area contributed by atoms with Crippen LogP contribution in [0.25, 0.3) is 0 Å². The van der Waals surface area contributed by atoms with Gasteiger partial charge in [0.15, 0.2) is 0 Å². The zero-order chi connectivity index (χ0) is 29.1. The summed E-state index contributed by atoms with van der Waals surface area (Å²) in [6.45, 7) is 9.21. The molecule has 0 unspecified atom stereocenters. The zero-order valence-corrected chi connectivity index (χ0v) is 24.1. The SMILES string of the molecule is C[C@H](O)COc1ccc(N2CCN(C[C@@](C)(O)c3ccc(C(C)(C)O)nc3)C[C@H]2c2ccc(Cl)cc2)c(C#N)c1. The Morgan fingerprint density at radius 2 is 1.82 bits per heavy atom. The minimum atomic E-state index is -1.17. The monoisotopic (exact) mass is 564 g/mol.